The molecule has 1 spiro atoms. The Labute approximate surface area is 151 Å². The molecule has 0 bridgehead atoms. The van der Waals surface area contributed by atoms with E-state index in [1.165, 1.54) is 4.90 Å². The van der Waals surface area contributed by atoms with Gasteiger partial charge in [0, 0.05) is 6.54 Å². The number of tetrazole rings is 1. The molecule has 26 heavy (non-hydrogen) atoms. The van der Waals surface area contributed by atoms with Crippen LogP contribution < -0.4 is 5.32 Å². The number of fused-ring (bicyclic) bond motifs is 2. The van der Waals surface area contributed by atoms with E-state index < -0.39 is 5.54 Å². The first-order valence-corrected chi connectivity index (χ1v) is 9.13. The van der Waals surface area contributed by atoms with Gasteiger partial charge in [-0.1, -0.05) is 37.6 Å². The van der Waals surface area contributed by atoms with Gasteiger partial charge < -0.3 is 5.32 Å². The van der Waals surface area contributed by atoms with E-state index in [9.17, 15) is 9.59 Å². The number of hydrogen-bond acceptors (Lipinski definition) is 5. The summed E-state index contributed by atoms with van der Waals surface area (Å²) in [5.74, 6) is 0.322. The van der Waals surface area contributed by atoms with Gasteiger partial charge in [0.05, 0.1) is 6.54 Å². The first-order valence-electron chi connectivity index (χ1n) is 9.13. The highest BCUT2D eigenvalue weighted by atomic mass is 16.2. The molecular formula is C18H22N6O2. The number of carbonyl (C=O) groups is 2. The van der Waals surface area contributed by atoms with Crippen LogP contribution in [0.1, 0.15) is 49.6 Å². The first-order chi connectivity index (χ1) is 12.7. The van der Waals surface area contributed by atoms with Gasteiger partial charge in [-0.2, -0.15) is 0 Å². The number of nitrogens with zero attached hydrogens (tertiary/aromatic N) is 5. The highest BCUT2D eigenvalue weighted by Gasteiger charge is 2.54. The molecule has 2 heterocycles. The SMILES string of the molecule is CCCCn1nnnc1CN1C(=O)N[C@]2(CCCc3ccccc32)C1=O. The highest BCUT2D eigenvalue weighted by molar-refractivity contribution is 6.07. The third-order valence-electron chi connectivity index (χ3n) is 5.28. The van der Waals surface area contributed by atoms with Crippen molar-refractivity contribution in [2.75, 3.05) is 0 Å². The molecule has 8 heteroatoms. The zero-order valence-corrected chi connectivity index (χ0v) is 14.8. The summed E-state index contributed by atoms with van der Waals surface area (Å²) in [7, 11) is 0. The van der Waals surface area contributed by atoms with Crippen LogP contribution in [-0.4, -0.2) is 37.0 Å². The van der Waals surface area contributed by atoms with Crippen molar-refractivity contribution in [3.8, 4) is 0 Å². The molecule has 2 aliphatic rings. The number of carbonyl (C=O) groups excluding carboxylic acids is 2. The van der Waals surface area contributed by atoms with Crippen LogP contribution in [0.15, 0.2) is 24.3 Å². The third kappa shape index (κ3) is 2.56. The Morgan fingerprint density at radius 2 is 2.12 bits per heavy atom. The van der Waals surface area contributed by atoms with Crippen molar-refractivity contribution < 1.29 is 9.59 Å². The number of unbranched alkanes of at least 4 members (excludes halogenated alkanes) is 1. The second kappa shape index (κ2) is 6.51. The fourth-order valence-corrected chi connectivity index (χ4v) is 3.91. The van der Waals surface area contributed by atoms with Gasteiger partial charge in [-0.15, -0.1) is 5.10 Å². The minimum absolute atomic E-state index is 0.0886. The molecule has 4 rings (SSSR count). The summed E-state index contributed by atoms with van der Waals surface area (Å²) in [6.45, 7) is 2.85. The molecule has 1 N–H and O–H groups in total. The van der Waals surface area contributed by atoms with E-state index in [1.54, 1.807) is 4.68 Å². The number of hydrogen-bond donors (Lipinski definition) is 1. The molecule has 8 nitrogen and oxygen atoms in total. The summed E-state index contributed by atoms with van der Waals surface area (Å²) in [6.07, 6.45) is 4.37. The summed E-state index contributed by atoms with van der Waals surface area (Å²) in [5, 5.41) is 14.6. The van der Waals surface area contributed by atoms with Crippen LogP contribution in [-0.2, 0) is 29.8 Å². The molecule has 3 amide bonds. The molecule has 0 radical (unpaired) electrons. The van der Waals surface area contributed by atoms with Crippen LogP contribution >= 0.6 is 0 Å². The maximum absolute atomic E-state index is 13.3. The van der Waals surface area contributed by atoms with Gasteiger partial charge in [-0.25, -0.2) is 9.48 Å². The number of rotatable bonds is 5. The summed E-state index contributed by atoms with van der Waals surface area (Å²) in [6, 6.07) is 7.49. The van der Waals surface area contributed by atoms with Crippen molar-refractivity contribution in [2.45, 2.75) is 57.7 Å². The van der Waals surface area contributed by atoms with E-state index in [1.807, 2.05) is 24.3 Å². The van der Waals surface area contributed by atoms with Crippen LogP contribution in [0.25, 0.3) is 0 Å². The second-order valence-electron chi connectivity index (χ2n) is 6.91. The van der Waals surface area contributed by atoms with Crippen LogP contribution in [0, 0.1) is 0 Å². The fourth-order valence-electron chi connectivity index (χ4n) is 3.91. The molecule has 136 valence electrons. The van der Waals surface area contributed by atoms with Gasteiger partial charge in [0.15, 0.2) is 5.82 Å². The lowest BCUT2D eigenvalue weighted by molar-refractivity contribution is -0.132. The molecule has 1 saturated heterocycles. The zero-order chi connectivity index (χ0) is 18.1. The van der Waals surface area contributed by atoms with Crippen LogP contribution in [0.4, 0.5) is 4.79 Å². The van der Waals surface area contributed by atoms with E-state index in [0.717, 1.165) is 36.8 Å². The highest BCUT2D eigenvalue weighted by Crippen LogP contribution is 2.40. The third-order valence-corrected chi connectivity index (χ3v) is 5.28. The molecule has 1 aromatic heterocycles. The van der Waals surface area contributed by atoms with E-state index in [0.29, 0.717) is 18.8 Å². The quantitative estimate of drug-likeness (QED) is 0.826. The Bertz CT molecular complexity index is 848. The van der Waals surface area contributed by atoms with Crippen LogP contribution in [0.2, 0.25) is 0 Å². The predicted molar refractivity (Wildman–Crippen MR) is 92.9 cm³/mol. The second-order valence-corrected chi connectivity index (χ2v) is 6.91. The van der Waals surface area contributed by atoms with Gasteiger partial charge in [0.1, 0.15) is 5.54 Å². The number of benzene rings is 1. The Hall–Kier alpha value is -2.77. The number of aryl methyl sites for hydroxylation is 2. The minimum Gasteiger partial charge on any atom is -0.319 e. The van der Waals surface area contributed by atoms with E-state index in [4.69, 9.17) is 0 Å². The maximum Gasteiger partial charge on any atom is 0.325 e. The molecule has 1 aliphatic heterocycles. The van der Waals surface area contributed by atoms with Crippen molar-refractivity contribution in [1.82, 2.24) is 30.4 Å². The lowest BCUT2D eigenvalue weighted by Crippen LogP contribution is -2.46. The van der Waals surface area contributed by atoms with Crippen molar-refractivity contribution in [3.63, 3.8) is 0 Å². The van der Waals surface area contributed by atoms with Gasteiger partial charge in [0.2, 0.25) is 0 Å². The molecule has 0 unspecified atom stereocenters. The monoisotopic (exact) mass is 354 g/mol. The predicted octanol–water partition coefficient (Wildman–Crippen LogP) is 1.76. The van der Waals surface area contributed by atoms with Gasteiger partial charge in [-0.05, 0) is 47.2 Å². The zero-order valence-electron chi connectivity index (χ0n) is 14.8. The number of amides is 3. The van der Waals surface area contributed by atoms with Crippen molar-refractivity contribution in [3.05, 3.63) is 41.2 Å². The average molecular weight is 354 g/mol. The topological polar surface area (TPSA) is 93.0 Å². The molecule has 1 fully saturated rings. The summed E-state index contributed by atoms with van der Waals surface area (Å²) in [4.78, 5) is 27.2. The molecule has 1 atom stereocenters. The lowest BCUT2D eigenvalue weighted by Gasteiger charge is -2.33. The Morgan fingerprint density at radius 3 is 2.96 bits per heavy atom. The number of aromatic nitrogens is 4. The van der Waals surface area contributed by atoms with Gasteiger partial charge in [0.25, 0.3) is 5.91 Å². The summed E-state index contributed by atoms with van der Waals surface area (Å²) < 4.78 is 1.67. The molecule has 1 aliphatic carbocycles. The molecular weight excluding hydrogens is 332 g/mol. The maximum atomic E-state index is 13.3. The smallest absolute Gasteiger partial charge is 0.319 e. The van der Waals surface area contributed by atoms with Crippen molar-refractivity contribution in [2.24, 2.45) is 0 Å². The molecule has 1 aromatic carbocycles. The largest absolute Gasteiger partial charge is 0.325 e. The summed E-state index contributed by atoms with van der Waals surface area (Å²) in [5.41, 5.74) is 1.09. The standard InChI is InChI=1S/C18H22N6O2/c1-2-3-11-24-15(20-21-22-24)12-23-16(25)18(19-17(23)26)10-6-8-13-7-4-5-9-14(13)18/h4-5,7,9H,2-3,6,8,10-12H2,1H3,(H,19,26)/t18-/m0/s1. The minimum atomic E-state index is -0.951. The molecule has 2 aromatic rings. The van der Waals surface area contributed by atoms with E-state index in [-0.39, 0.29) is 18.5 Å². The average Bonchev–Trinajstić information content (AvgIpc) is 3.19. The van der Waals surface area contributed by atoms with Crippen molar-refractivity contribution >= 4 is 11.9 Å². The number of urea groups is 1. The molecule has 0 saturated carbocycles. The lowest BCUT2D eigenvalue weighted by atomic mass is 9.76. The summed E-state index contributed by atoms with van der Waals surface area (Å²) >= 11 is 0. The normalized spacial score (nSPS) is 22.0. The van der Waals surface area contributed by atoms with Crippen molar-refractivity contribution in [1.29, 1.82) is 0 Å². The van der Waals surface area contributed by atoms with Crippen LogP contribution in [0.5, 0.6) is 0 Å². The Kier molecular flexibility index (Phi) is 4.18. The fraction of sp³-hybridized carbons (Fsp3) is 0.500. The van der Waals surface area contributed by atoms with E-state index >= 15 is 0 Å². The van der Waals surface area contributed by atoms with Gasteiger partial charge in [-0.3, -0.25) is 9.69 Å². The van der Waals surface area contributed by atoms with Gasteiger partial charge >= 0.3 is 6.03 Å². The Morgan fingerprint density at radius 1 is 1.27 bits per heavy atom. The number of nitrogens with one attached hydrogen (secondary N) is 1. The van der Waals surface area contributed by atoms with Crippen LogP contribution in [0.3, 0.4) is 0 Å². The number of imide groups is 1. The van der Waals surface area contributed by atoms with E-state index in [2.05, 4.69) is 27.8 Å². The first kappa shape index (κ1) is 16.7. The Balaban J connectivity index is 1.62.